The number of hydrogen-bond acceptors (Lipinski definition) is 4. The highest BCUT2D eigenvalue weighted by molar-refractivity contribution is 6.01. The summed E-state index contributed by atoms with van der Waals surface area (Å²) in [6.07, 6.45) is 1.29. The molecule has 7 nitrogen and oxygen atoms in total. The van der Waals surface area contributed by atoms with Crippen LogP contribution in [0, 0.1) is 0 Å². The van der Waals surface area contributed by atoms with Crippen LogP contribution in [-0.2, 0) is 14.3 Å². The van der Waals surface area contributed by atoms with Crippen LogP contribution in [0.25, 0.3) is 0 Å². The molecule has 0 aliphatic carbocycles. The summed E-state index contributed by atoms with van der Waals surface area (Å²) in [4.78, 5) is 38.5. The van der Waals surface area contributed by atoms with Gasteiger partial charge in [0.15, 0.2) is 0 Å². The number of nitrogens with zero attached hydrogens (tertiary/aromatic N) is 2. The molecule has 0 spiro atoms. The lowest BCUT2D eigenvalue weighted by atomic mass is 10.1. The Kier molecular flexibility index (Phi) is 5.70. The van der Waals surface area contributed by atoms with E-state index in [4.69, 9.17) is 10.5 Å². The normalized spacial score (nSPS) is 17.2. The molecule has 0 radical (unpaired) electrons. The maximum Gasteiger partial charge on any atom is 0.254 e. The standard InChI is InChI=1S/C17H21N3O4/c1-3-16(22)19(2)13-6-4-12(5-7-13)17(23)20-8-9-24-11-14(20)10-15(18)21/h3-7,14H,1,8-11H2,2H3,(H2,18,21). The molecule has 1 atom stereocenters. The van der Waals surface area contributed by atoms with Gasteiger partial charge in [0, 0.05) is 31.3 Å². The van der Waals surface area contributed by atoms with E-state index in [-0.39, 0.29) is 24.3 Å². The Bertz CT molecular complexity index is 642. The van der Waals surface area contributed by atoms with Crippen LogP contribution in [-0.4, -0.2) is 55.5 Å². The van der Waals surface area contributed by atoms with Gasteiger partial charge < -0.3 is 20.3 Å². The molecule has 128 valence electrons. The van der Waals surface area contributed by atoms with Crippen LogP contribution in [0.15, 0.2) is 36.9 Å². The van der Waals surface area contributed by atoms with E-state index in [1.807, 2.05) is 0 Å². The second-order valence-corrected chi connectivity index (χ2v) is 5.55. The van der Waals surface area contributed by atoms with Crippen molar-refractivity contribution >= 4 is 23.4 Å². The molecule has 1 unspecified atom stereocenters. The van der Waals surface area contributed by atoms with Crippen LogP contribution in [0.3, 0.4) is 0 Å². The lowest BCUT2D eigenvalue weighted by Crippen LogP contribution is -2.50. The van der Waals surface area contributed by atoms with Gasteiger partial charge in [0.1, 0.15) is 0 Å². The van der Waals surface area contributed by atoms with Crippen LogP contribution >= 0.6 is 0 Å². The molecule has 1 aromatic carbocycles. The maximum atomic E-state index is 12.7. The lowest BCUT2D eigenvalue weighted by molar-refractivity contribution is -0.120. The zero-order valence-corrected chi connectivity index (χ0v) is 13.6. The highest BCUT2D eigenvalue weighted by atomic mass is 16.5. The molecule has 1 aromatic rings. The highest BCUT2D eigenvalue weighted by Gasteiger charge is 2.29. The Morgan fingerprint density at radius 1 is 1.38 bits per heavy atom. The van der Waals surface area contributed by atoms with E-state index in [1.165, 1.54) is 11.0 Å². The zero-order chi connectivity index (χ0) is 17.7. The van der Waals surface area contributed by atoms with Gasteiger partial charge in [-0.15, -0.1) is 0 Å². The predicted molar refractivity (Wildman–Crippen MR) is 89.5 cm³/mol. The number of carbonyl (C=O) groups excluding carboxylic acids is 3. The summed E-state index contributed by atoms with van der Waals surface area (Å²) in [6, 6.07) is 6.34. The second kappa shape index (κ2) is 7.74. The van der Waals surface area contributed by atoms with Crippen molar-refractivity contribution in [2.75, 3.05) is 31.7 Å². The second-order valence-electron chi connectivity index (χ2n) is 5.55. The minimum atomic E-state index is -0.469. The van der Waals surface area contributed by atoms with Gasteiger partial charge in [-0.2, -0.15) is 0 Å². The number of rotatable bonds is 5. The Hall–Kier alpha value is -2.67. The van der Waals surface area contributed by atoms with Crippen molar-refractivity contribution in [2.24, 2.45) is 5.73 Å². The molecule has 1 aliphatic rings. The molecule has 1 aliphatic heterocycles. The van der Waals surface area contributed by atoms with E-state index in [1.54, 1.807) is 36.2 Å². The predicted octanol–water partition coefficient (Wildman–Crippen LogP) is 0.552. The van der Waals surface area contributed by atoms with Crippen molar-refractivity contribution in [1.29, 1.82) is 0 Å². The average molecular weight is 331 g/mol. The minimum Gasteiger partial charge on any atom is -0.377 e. The number of carbonyl (C=O) groups is 3. The van der Waals surface area contributed by atoms with E-state index in [9.17, 15) is 14.4 Å². The van der Waals surface area contributed by atoms with Gasteiger partial charge in [-0.3, -0.25) is 14.4 Å². The van der Waals surface area contributed by atoms with E-state index in [0.717, 1.165) is 0 Å². The SMILES string of the molecule is C=CC(=O)N(C)c1ccc(C(=O)N2CCOCC2CC(N)=O)cc1. The van der Waals surface area contributed by atoms with Gasteiger partial charge in [0.25, 0.3) is 5.91 Å². The van der Waals surface area contributed by atoms with E-state index in [2.05, 4.69) is 6.58 Å². The molecule has 0 aromatic heterocycles. The lowest BCUT2D eigenvalue weighted by Gasteiger charge is -2.35. The smallest absolute Gasteiger partial charge is 0.254 e. The first-order chi connectivity index (χ1) is 11.4. The summed E-state index contributed by atoms with van der Waals surface area (Å²) in [5.74, 6) is -0.888. The first kappa shape index (κ1) is 17.7. The van der Waals surface area contributed by atoms with Gasteiger partial charge >= 0.3 is 0 Å². The van der Waals surface area contributed by atoms with Crippen LogP contribution in [0.4, 0.5) is 5.69 Å². The molecule has 3 amide bonds. The molecular formula is C17H21N3O4. The number of morpholine rings is 1. The average Bonchev–Trinajstić information content (AvgIpc) is 2.60. The third-order valence-corrected chi connectivity index (χ3v) is 3.93. The molecule has 0 bridgehead atoms. The first-order valence-electron chi connectivity index (χ1n) is 7.61. The van der Waals surface area contributed by atoms with Crippen molar-refractivity contribution in [3.8, 4) is 0 Å². The first-order valence-corrected chi connectivity index (χ1v) is 7.61. The van der Waals surface area contributed by atoms with Crippen LogP contribution < -0.4 is 10.6 Å². The molecular weight excluding hydrogens is 310 g/mol. The van der Waals surface area contributed by atoms with Crippen molar-refractivity contribution < 1.29 is 19.1 Å². The van der Waals surface area contributed by atoms with Crippen molar-refractivity contribution in [3.05, 3.63) is 42.5 Å². The number of nitrogens with two attached hydrogens (primary N) is 1. The van der Waals surface area contributed by atoms with Gasteiger partial charge in [-0.25, -0.2) is 0 Å². The van der Waals surface area contributed by atoms with Gasteiger partial charge in [0.2, 0.25) is 11.8 Å². The Balaban J connectivity index is 2.15. The fraction of sp³-hybridized carbons (Fsp3) is 0.353. The number of benzene rings is 1. The minimum absolute atomic E-state index is 0.0698. The third kappa shape index (κ3) is 3.99. The number of hydrogen-bond donors (Lipinski definition) is 1. The van der Waals surface area contributed by atoms with E-state index < -0.39 is 5.91 Å². The molecule has 2 rings (SSSR count). The molecule has 24 heavy (non-hydrogen) atoms. The summed E-state index contributed by atoms with van der Waals surface area (Å²) in [5.41, 5.74) is 6.38. The number of ether oxygens (including phenoxy) is 1. The summed E-state index contributed by atoms with van der Waals surface area (Å²) >= 11 is 0. The van der Waals surface area contributed by atoms with Crippen molar-refractivity contribution in [3.63, 3.8) is 0 Å². The van der Waals surface area contributed by atoms with Crippen molar-refractivity contribution in [2.45, 2.75) is 12.5 Å². The van der Waals surface area contributed by atoms with Crippen LogP contribution in [0.2, 0.25) is 0 Å². The van der Waals surface area contributed by atoms with Crippen LogP contribution in [0.1, 0.15) is 16.8 Å². The topological polar surface area (TPSA) is 92.9 Å². The molecule has 1 fully saturated rings. The Morgan fingerprint density at radius 3 is 2.62 bits per heavy atom. The largest absolute Gasteiger partial charge is 0.377 e. The van der Waals surface area contributed by atoms with Crippen LogP contribution in [0.5, 0.6) is 0 Å². The summed E-state index contributed by atoms with van der Waals surface area (Å²) in [5, 5.41) is 0. The quantitative estimate of drug-likeness (QED) is 0.798. The summed E-state index contributed by atoms with van der Waals surface area (Å²) in [7, 11) is 1.63. The molecule has 1 heterocycles. The summed E-state index contributed by atoms with van der Waals surface area (Å²) in [6.45, 7) is 4.58. The Labute approximate surface area is 140 Å². The Morgan fingerprint density at radius 2 is 2.04 bits per heavy atom. The van der Waals surface area contributed by atoms with Crippen molar-refractivity contribution in [1.82, 2.24) is 4.90 Å². The van der Waals surface area contributed by atoms with E-state index >= 15 is 0 Å². The summed E-state index contributed by atoms with van der Waals surface area (Å²) < 4.78 is 5.33. The zero-order valence-electron chi connectivity index (χ0n) is 13.6. The highest BCUT2D eigenvalue weighted by Crippen LogP contribution is 2.18. The molecule has 2 N–H and O–H groups in total. The fourth-order valence-corrected chi connectivity index (χ4v) is 2.58. The molecule has 1 saturated heterocycles. The number of likely N-dealkylation sites (N-methyl/N-ethyl adjacent to an activating group) is 1. The number of anilines is 1. The maximum absolute atomic E-state index is 12.7. The third-order valence-electron chi connectivity index (χ3n) is 3.93. The number of primary amides is 1. The van der Waals surface area contributed by atoms with Gasteiger partial charge in [-0.05, 0) is 30.3 Å². The monoisotopic (exact) mass is 331 g/mol. The van der Waals surface area contributed by atoms with Gasteiger partial charge in [-0.1, -0.05) is 6.58 Å². The number of amides is 3. The van der Waals surface area contributed by atoms with Gasteiger partial charge in [0.05, 0.1) is 19.3 Å². The molecule has 0 saturated carbocycles. The molecule has 7 heteroatoms. The fourth-order valence-electron chi connectivity index (χ4n) is 2.58. The van der Waals surface area contributed by atoms with E-state index in [0.29, 0.717) is 31.0 Å².